The lowest BCUT2D eigenvalue weighted by Crippen LogP contribution is -2.38. The van der Waals surface area contributed by atoms with Gasteiger partial charge in [-0.25, -0.2) is 0 Å². The predicted molar refractivity (Wildman–Crippen MR) is 136 cm³/mol. The van der Waals surface area contributed by atoms with E-state index in [4.69, 9.17) is 10.5 Å². The minimum Gasteiger partial charge on any atom is -0.465 e. The molecule has 4 aromatic rings. The summed E-state index contributed by atoms with van der Waals surface area (Å²) in [7, 11) is 0. The van der Waals surface area contributed by atoms with Gasteiger partial charge in [0.15, 0.2) is 5.78 Å². The first kappa shape index (κ1) is 24.6. The zero-order valence-electron chi connectivity index (χ0n) is 19.2. The van der Waals surface area contributed by atoms with Crippen LogP contribution in [-0.4, -0.2) is 24.4 Å². The summed E-state index contributed by atoms with van der Waals surface area (Å²) >= 11 is 0. The summed E-state index contributed by atoms with van der Waals surface area (Å²) in [6.07, 6.45) is 0. The molecule has 0 aromatic heterocycles. The van der Waals surface area contributed by atoms with Crippen LogP contribution in [0.4, 0.5) is 0 Å². The molecule has 0 radical (unpaired) electrons. The van der Waals surface area contributed by atoms with Crippen molar-refractivity contribution in [3.05, 3.63) is 144 Å². The van der Waals surface area contributed by atoms with Crippen LogP contribution in [0.15, 0.2) is 121 Å². The smallest absolute Gasteiger partial charge is 0.323 e. The van der Waals surface area contributed by atoms with Crippen LogP contribution in [0.3, 0.4) is 0 Å². The highest BCUT2D eigenvalue weighted by molar-refractivity contribution is 6.08. The third-order valence-corrected chi connectivity index (χ3v) is 5.31. The lowest BCUT2D eigenvalue weighted by Gasteiger charge is -2.23. The maximum absolute atomic E-state index is 12.0. The Bertz CT molecular complexity index is 1070. The quantitative estimate of drug-likeness (QED) is 0.292. The molecule has 1 unspecified atom stereocenters. The topological polar surface area (TPSA) is 69.4 Å². The van der Waals surface area contributed by atoms with Crippen molar-refractivity contribution in [1.82, 2.24) is 0 Å². The van der Waals surface area contributed by atoms with Crippen LogP contribution in [0.25, 0.3) is 0 Å². The predicted octanol–water partition coefficient (Wildman–Crippen LogP) is 5.63. The number of ketones is 1. The van der Waals surface area contributed by atoms with E-state index < -0.39 is 6.04 Å². The van der Waals surface area contributed by atoms with Crippen LogP contribution >= 0.6 is 0 Å². The number of benzene rings is 4. The molecule has 4 rings (SSSR count). The van der Waals surface area contributed by atoms with Crippen LogP contribution in [0.5, 0.6) is 0 Å². The molecule has 1 atom stereocenters. The second-order valence-corrected chi connectivity index (χ2v) is 7.64. The fraction of sp³-hybridized carbons (Fsp3) is 0.133. The number of carbonyl (C=O) groups is 2. The molecule has 0 heterocycles. The molecule has 0 fully saturated rings. The summed E-state index contributed by atoms with van der Waals surface area (Å²) in [5.41, 5.74) is 9.63. The number of hydrogen-bond acceptors (Lipinski definition) is 4. The van der Waals surface area contributed by atoms with Crippen molar-refractivity contribution in [2.45, 2.75) is 18.9 Å². The first-order valence-electron chi connectivity index (χ1n) is 11.3. The number of carbonyl (C=O) groups excluding carboxylic acids is 2. The van der Waals surface area contributed by atoms with Crippen molar-refractivity contribution >= 4 is 11.8 Å². The zero-order chi connectivity index (χ0) is 24.2. The molecular formula is C30H29NO3. The normalized spacial score (nSPS) is 11.1. The van der Waals surface area contributed by atoms with Gasteiger partial charge in [0.1, 0.15) is 6.04 Å². The van der Waals surface area contributed by atoms with Crippen LogP contribution in [0.1, 0.15) is 39.9 Å². The molecule has 0 saturated carbocycles. The van der Waals surface area contributed by atoms with Gasteiger partial charge in [0.05, 0.1) is 6.61 Å². The van der Waals surface area contributed by atoms with Gasteiger partial charge in [-0.2, -0.15) is 0 Å². The maximum atomic E-state index is 12.0. The highest BCUT2D eigenvalue weighted by atomic mass is 16.5. The van der Waals surface area contributed by atoms with Gasteiger partial charge in [-0.1, -0.05) is 121 Å². The van der Waals surface area contributed by atoms with Gasteiger partial charge in [0.2, 0.25) is 0 Å². The molecule has 0 spiro atoms. The van der Waals surface area contributed by atoms with Gasteiger partial charge in [-0.15, -0.1) is 0 Å². The van der Waals surface area contributed by atoms with Gasteiger partial charge in [-0.05, 0) is 18.1 Å². The Kier molecular flexibility index (Phi) is 9.32. The van der Waals surface area contributed by atoms with Gasteiger partial charge in [0.25, 0.3) is 0 Å². The van der Waals surface area contributed by atoms with Crippen molar-refractivity contribution in [3.8, 4) is 0 Å². The molecule has 0 aliphatic rings. The minimum absolute atomic E-state index is 0.0752. The van der Waals surface area contributed by atoms with Crippen LogP contribution in [0, 0.1) is 0 Å². The van der Waals surface area contributed by atoms with Crippen molar-refractivity contribution < 1.29 is 14.3 Å². The van der Waals surface area contributed by atoms with Crippen molar-refractivity contribution in [3.63, 3.8) is 0 Å². The fourth-order valence-corrected chi connectivity index (χ4v) is 3.65. The van der Waals surface area contributed by atoms with E-state index in [0.717, 1.165) is 22.3 Å². The molecular weight excluding hydrogens is 422 g/mol. The number of hydrogen-bond donors (Lipinski definition) is 1. The largest absolute Gasteiger partial charge is 0.465 e. The maximum Gasteiger partial charge on any atom is 0.323 e. The number of nitrogens with two attached hydrogens (primary N) is 1. The van der Waals surface area contributed by atoms with E-state index >= 15 is 0 Å². The summed E-state index contributed by atoms with van der Waals surface area (Å²) in [6.45, 7) is 2.12. The van der Waals surface area contributed by atoms with Gasteiger partial charge in [0, 0.05) is 17.0 Å². The minimum atomic E-state index is -0.709. The number of esters is 1. The van der Waals surface area contributed by atoms with Gasteiger partial charge in [-0.3, -0.25) is 9.59 Å². The first-order valence-corrected chi connectivity index (χ1v) is 11.3. The Morgan fingerprint density at radius 2 is 1.00 bits per heavy atom. The van der Waals surface area contributed by atoms with Gasteiger partial charge < -0.3 is 10.5 Å². The highest BCUT2D eigenvalue weighted by Crippen LogP contribution is 2.27. The second kappa shape index (κ2) is 12.9. The van der Waals surface area contributed by atoms with E-state index in [1.807, 2.05) is 121 Å². The third-order valence-electron chi connectivity index (χ3n) is 5.31. The summed E-state index contributed by atoms with van der Waals surface area (Å²) < 4.78 is 5.06. The fourth-order valence-electron chi connectivity index (χ4n) is 3.65. The Balaban J connectivity index is 0.000000202. The van der Waals surface area contributed by atoms with Crippen molar-refractivity contribution in [2.24, 2.45) is 5.73 Å². The molecule has 4 heteroatoms. The SMILES string of the molecule is CCOC(=O)C(N)C(c1ccccc1)c1ccccc1.O=C(c1ccccc1)c1ccccc1. The molecule has 4 aromatic carbocycles. The molecule has 4 nitrogen and oxygen atoms in total. The second-order valence-electron chi connectivity index (χ2n) is 7.64. The van der Waals surface area contributed by atoms with E-state index in [2.05, 4.69) is 0 Å². The van der Waals surface area contributed by atoms with Crippen molar-refractivity contribution in [2.75, 3.05) is 6.61 Å². The monoisotopic (exact) mass is 451 g/mol. The molecule has 0 bridgehead atoms. The molecule has 0 saturated heterocycles. The Morgan fingerprint density at radius 3 is 1.35 bits per heavy atom. The lowest BCUT2D eigenvalue weighted by molar-refractivity contribution is -0.145. The first-order chi connectivity index (χ1) is 16.6. The summed E-state index contributed by atoms with van der Waals surface area (Å²) in [5, 5.41) is 0. The summed E-state index contributed by atoms with van der Waals surface area (Å²) in [5.74, 6) is -0.493. The van der Waals surface area contributed by atoms with E-state index in [1.54, 1.807) is 6.92 Å². The standard InChI is InChI=1S/C17H19NO2.C13H10O/c1-2-20-17(19)16(18)15(13-9-5-3-6-10-13)14-11-7-4-8-12-14;14-13(11-7-3-1-4-8-11)12-9-5-2-6-10-12/h3-12,15-16H,2,18H2,1H3;1-10H. The number of rotatable bonds is 7. The summed E-state index contributed by atoms with van der Waals surface area (Å²) in [6, 6.07) is 37.5. The lowest BCUT2D eigenvalue weighted by atomic mass is 9.85. The molecule has 0 aliphatic carbocycles. The van der Waals surface area contributed by atoms with E-state index in [9.17, 15) is 9.59 Å². The third kappa shape index (κ3) is 6.74. The zero-order valence-corrected chi connectivity index (χ0v) is 19.2. The Morgan fingerprint density at radius 1 is 0.647 bits per heavy atom. The summed E-state index contributed by atoms with van der Waals surface area (Å²) in [4.78, 5) is 23.8. The molecule has 2 N–H and O–H groups in total. The molecule has 34 heavy (non-hydrogen) atoms. The average molecular weight is 452 g/mol. The van der Waals surface area contributed by atoms with Crippen molar-refractivity contribution in [1.29, 1.82) is 0 Å². The average Bonchev–Trinajstić information content (AvgIpc) is 2.91. The Hall–Kier alpha value is -4.02. The molecule has 172 valence electrons. The molecule has 0 amide bonds. The van der Waals surface area contributed by atoms with E-state index in [-0.39, 0.29) is 17.7 Å². The number of ether oxygens (including phenoxy) is 1. The van der Waals surface area contributed by atoms with E-state index in [0.29, 0.717) is 6.61 Å². The highest BCUT2D eigenvalue weighted by Gasteiger charge is 2.28. The van der Waals surface area contributed by atoms with Gasteiger partial charge >= 0.3 is 5.97 Å². The van der Waals surface area contributed by atoms with Crippen LogP contribution in [0.2, 0.25) is 0 Å². The van der Waals surface area contributed by atoms with Crippen LogP contribution < -0.4 is 5.73 Å². The van der Waals surface area contributed by atoms with Crippen LogP contribution in [-0.2, 0) is 9.53 Å². The Labute approximate surface area is 201 Å². The molecule has 0 aliphatic heterocycles. The van der Waals surface area contributed by atoms with E-state index in [1.165, 1.54) is 0 Å².